The molecule has 1 aliphatic carbocycles. The number of hydrogen-bond acceptors (Lipinski definition) is 3. The van der Waals surface area contributed by atoms with E-state index < -0.39 is 20.8 Å². The molecule has 1 saturated carbocycles. The Kier molecular flexibility index (Phi) is 4.69. The number of rotatable bonds is 5. The maximum absolute atomic E-state index is 13.7. The second-order valence-electron chi connectivity index (χ2n) is 5.09. The van der Waals surface area contributed by atoms with Crippen molar-refractivity contribution >= 4 is 15.5 Å². The van der Waals surface area contributed by atoms with Gasteiger partial charge in [-0.05, 0) is 18.8 Å². The van der Waals surface area contributed by atoms with Crippen LogP contribution in [0.5, 0.6) is 0 Å². The molecule has 0 unspecified atom stereocenters. The third-order valence-corrected chi connectivity index (χ3v) is 5.64. The summed E-state index contributed by atoms with van der Waals surface area (Å²) in [6.07, 6.45) is 5.25. The van der Waals surface area contributed by atoms with E-state index in [9.17, 15) is 22.3 Å². The minimum absolute atomic E-state index is 0.0983. The Hall–Kier alpha value is -0.600. The molecule has 8 heteroatoms. The summed E-state index contributed by atoms with van der Waals surface area (Å²) >= 11 is 0. The van der Waals surface area contributed by atoms with E-state index in [0.29, 0.717) is 13.4 Å². The van der Waals surface area contributed by atoms with Gasteiger partial charge in [0.25, 0.3) is 0 Å². The first-order valence-corrected chi connectivity index (χ1v) is 8.45. The van der Waals surface area contributed by atoms with E-state index in [0.717, 1.165) is 32.1 Å². The molecule has 0 aliphatic heterocycles. The van der Waals surface area contributed by atoms with Crippen LogP contribution in [0.3, 0.4) is 0 Å². The van der Waals surface area contributed by atoms with E-state index in [-0.39, 0.29) is 12.5 Å². The van der Waals surface area contributed by atoms with E-state index in [2.05, 4.69) is 9.50 Å². The van der Waals surface area contributed by atoms with Gasteiger partial charge in [-0.3, -0.25) is 8.98 Å². The van der Waals surface area contributed by atoms with Gasteiger partial charge in [0.15, 0.2) is 9.63 Å². The first kappa shape index (κ1) is 16.5. The molecule has 19 heavy (non-hydrogen) atoms. The number of carbonyl (C=O) groups excluding carboxylic acids is 1. The average Bonchev–Trinajstić information content (AvgIpc) is 2.36. The lowest BCUT2D eigenvalue weighted by molar-refractivity contribution is -0.137. The fraction of sp³-hybridized carbons (Fsp3) is 0.909. The molecule has 0 heterocycles. The minimum Gasteiger partial charge on any atom is -0.350 e. The molecule has 114 valence electrons. The number of nitrogens with one attached hydrogen (secondary N) is 1. The van der Waals surface area contributed by atoms with Crippen molar-refractivity contribution in [1.29, 1.82) is 0 Å². The Bertz CT molecular complexity index is 401. The molecule has 1 amide bonds. The monoisotopic (exact) mass is 301 g/mol. The van der Waals surface area contributed by atoms with Crippen molar-refractivity contribution in [2.24, 2.45) is 5.92 Å². The molecular formula is C11H21F2NO4S. The van der Waals surface area contributed by atoms with Crippen molar-refractivity contribution < 1.29 is 26.5 Å². The van der Waals surface area contributed by atoms with Crippen molar-refractivity contribution in [1.82, 2.24) is 5.32 Å². The summed E-state index contributed by atoms with van der Waals surface area (Å²) in [5.74, 6) is -1.61. The van der Waals surface area contributed by atoms with Gasteiger partial charge in [0.05, 0.1) is 7.11 Å². The van der Waals surface area contributed by atoms with Crippen LogP contribution in [0.15, 0.2) is 0 Å². The number of halogens is 2. The first-order chi connectivity index (χ1) is 8.59. The second kappa shape index (κ2) is 5.41. The Balaban J connectivity index is 2.64. The van der Waals surface area contributed by atoms with Crippen LogP contribution in [0.4, 0.5) is 8.78 Å². The third-order valence-electron chi connectivity index (χ3n) is 3.51. The number of hydrogen-bond donors (Lipinski definition) is 2. The summed E-state index contributed by atoms with van der Waals surface area (Å²) in [5, 5.41) is -2.42. The van der Waals surface area contributed by atoms with E-state index in [1.807, 2.05) is 0 Å². The summed E-state index contributed by atoms with van der Waals surface area (Å²) < 4.78 is 52.3. The highest BCUT2D eigenvalue weighted by Crippen LogP contribution is 2.38. The molecule has 5 nitrogen and oxygen atoms in total. The Morgan fingerprint density at radius 1 is 1.42 bits per heavy atom. The van der Waals surface area contributed by atoms with Crippen molar-refractivity contribution in [2.75, 3.05) is 19.9 Å². The normalized spacial score (nSPS) is 20.6. The van der Waals surface area contributed by atoms with Crippen LogP contribution < -0.4 is 5.32 Å². The van der Waals surface area contributed by atoms with Crippen LogP contribution in [0, 0.1) is 5.92 Å². The zero-order chi connectivity index (χ0) is 14.8. The van der Waals surface area contributed by atoms with Gasteiger partial charge in [-0.25, -0.2) is 4.21 Å². The van der Waals surface area contributed by atoms with Gasteiger partial charge in [0.2, 0.25) is 0 Å². The van der Waals surface area contributed by atoms with Gasteiger partial charge in [0, 0.05) is 12.8 Å². The molecule has 1 fully saturated rings. The zero-order valence-electron chi connectivity index (χ0n) is 11.2. The van der Waals surface area contributed by atoms with Gasteiger partial charge in [-0.2, -0.15) is 8.78 Å². The summed E-state index contributed by atoms with van der Waals surface area (Å²) in [6.45, 7) is 0.0983. The van der Waals surface area contributed by atoms with Gasteiger partial charge < -0.3 is 9.87 Å². The van der Waals surface area contributed by atoms with Crippen LogP contribution in [0.25, 0.3) is 0 Å². The number of amides is 1. The van der Waals surface area contributed by atoms with Crippen molar-refractivity contribution in [3.8, 4) is 0 Å². The molecule has 0 aromatic carbocycles. The van der Waals surface area contributed by atoms with E-state index in [1.165, 1.54) is 0 Å². The molecule has 0 radical (unpaired) electrons. The molecule has 1 rings (SSSR count). The standard InChI is InChI=1S/C11H21F2NO4S/c1-18-19(2,16,17)11(12,13)10(15)14-8-9-6-4-3-5-7-9/h9H,3-8H2,1-2H3,(H,14,15)(H,16,17). The Morgan fingerprint density at radius 3 is 2.42 bits per heavy atom. The molecule has 0 aromatic heterocycles. The van der Waals surface area contributed by atoms with Crippen LogP contribution in [-0.4, -0.2) is 39.8 Å². The lowest BCUT2D eigenvalue weighted by Gasteiger charge is -2.36. The fourth-order valence-electron chi connectivity index (χ4n) is 2.05. The fourth-order valence-corrected chi connectivity index (χ4v) is 2.75. The highest BCUT2D eigenvalue weighted by atomic mass is 32.3. The summed E-state index contributed by atoms with van der Waals surface area (Å²) in [5.41, 5.74) is 0. The minimum atomic E-state index is -5.76. The zero-order valence-corrected chi connectivity index (χ0v) is 12.0. The topological polar surface area (TPSA) is 75.6 Å². The Morgan fingerprint density at radius 2 is 1.95 bits per heavy atom. The van der Waals surface area contributed by atoms with Crippen LogP contribution in [-0.2, 0) is 18.6 Å². The van der Waals surface area contributed by atoms with E-state index >= 15 is 0 Å². The van der Waals surface area contributed by atoms with Crippen molar-refractivity contribution in [2.45, 2.75) is 37.4 Å². The molecule has 0 saturated heterocycles. The number of alkyl halides is 2. The highest BCUT2D eigenvalue weighted by molar-refractivity contribution is 8.11. The predicted molar refractivity (Wildman–Crippen MR) is 68.2 cm³/mol. The van der Waals surface area contributed by atoms with Gasteiger partial charge in [-0.15, -0.1) is 0 Å². The maximum atomic E-state index is 13.7. The molecule has 0 bridgehead atoms. The van der Waals surface area contributed by atoms with Gasteiger partial charge in [-0.1, -0.05) is 19.3 Å². The average molecular weight is 301 g/mol. The molecular weight excluding hydrogens is 280 g/mol. The highest BCUT2D eigenvalue weighted by Gasteiger charge is 2.61. The maximum Gasteiger partial charge on any atom is 0.417 e. The van der Waals surface area contributed by atoms with Crippen molar-refractivity contribution in [3.05, 3.63) is 0 Å². The summed E-state index contributed by atoms with van der Waals surface area (Å²) in [4.78, 5) is 11.4. The van der Waals surface area contributed by atoms with Crippen LogP contribution in [0.1, 0.15) is 32.1 Å². The molecule has 0 spiro atoms. The Labute approximate surface area is 111 Å². The molecule has 0 atom stereocenters. The third kappa shape index (κ3) is 3.49. The van der Waals surface area contributed by atoms with Crippen LogP contribution in [0.2, 0.25) is 0 Å². The summed E-state index contributed by atoms with van der Waals surface area (Å²) in [7, 11) is -5.08. The first-order valence-electron chi connectivity index (χ1n) is 6.20. The smallest absolute Gasteiger partial charge is 0.350 e. The predicted octanol–water partition coefficient (Wildman–Crippen LogP) is 1.76. The lowest BCUT2D eigenvalue weighted by atomic mass is 9.89. The van der Waals surface area contributed by atoms with Gasteiger partial charge in [0.1, 0.15) is 0 Å². The van der Waals surface area contributed by atoms with Gasteiger partial charge >= 0.3 is 11.2 Å². The largest absolute Gasteiger partial charge is 0.417 e. The summed E-state index contributed by atoms with van der Waals surface area (Å²) in [6, 6.07) is 0. The molecule has 1 aliphatic rings. The molecule has 2 N–H and O–H groups in total. The molecule has 0 aromatic rings. The van der Waals surface area contributed by atoms with Crippen molar-refractivity contribution in [3.63, 3.8) is 0 Å². The SMILES string of the molecule is COS(C)(=O)(O)C(F)(F)C(=O)NCC1CCCCC1. The van der Waals surface area contributed by atoms with Crippen LogP contribution >= 0.6 is 0 Å². The second-order valence-corrected chi connectivity index (χ2v) is 8.33. The number of carbonyl (C=O) groups is 1. The van der Waals surface area contributed by atoms with E-state index in [1.54, 1.807) is 0 Å². The van der Waals surface area contributed by atoms with E-state index in [4.69, 9.17) is 0 Å². The quantitative estimate of drug-likeness (QED) is 0.811. The lowest BCUT2D eigenvalue weighted by Crippen LogP contribution is -2.58.